The van der Waals surface area contributed by atoms with Crippen molar-refractivity contribution < 1.29 is 14.3 Å². The number of nitrogens with zero attached hydrogens (tertiary/aromatic N) is 1. The smallest absolute Gasteiger partial charge is 0.220 e. The van der Waals surface area contributed by atoms with Crippen LogP contribution in [-0.2, 0) is 14.3 Å². The minimum Gasteiger partial charge on any atom is -0.368 e. The monoisotopic (exact) mass is 298 g/mol. The standard InChI is InChI=1S/C16H30N2O3/c1-11(2)12(3)6-7-15(20)17-16-13(19)10-21-14(16)8-9-18(4)5/h11-12,14,16H,6-10H2,1-5H3,(H,17,20). The first-order chi connectivity index (χ1) is 9.81. The highest BCUT2D eigenvalue weighted by molar-refractivity contribution is 5.91. The number of carbonyl (C=O) groups excluding carboxylic acids is 2. The maximum atomic E-state index is 12.0. The van der Waals surface area contributed by atoms with Crippen molar-refractivity contribution in [1.82, 2.24) is 10.2 Å². The number of hydrogen-bond donors (Lipinski definition) is 1. The summed E-state index contributed by atoms with van der Waals surface area (Å²) in [6.45, 7) is 7.43. The zero-order chi connectivity index (χ0) is 16.0. The van der Waals surface area contributed by atoms with Crippen LogP contribution >= 0.6 is 0 Å². The number of ketones is 1. The van der Waals surface area contributed by atoms with E-state index in [0.717, 1.165) is 19.4 Å². The van der Waals surface area contributed by atoms with Crippen molar-refractivity contribution >= 4 is 11.7 Å². The third-order valence-corrected chi connectivity index (χ3v) is 4.30. The molecule has 3 unspecified atom stereocenters. The van der Waals surface area contributed by atoms with Gasteiger partial charge in [-0.05, 0) is 38.8 Å². The van der Waals surface area contributed by atoms with Crippen LogP contribution in [0.15, 0.2) is 0 Å². The first-order valence-electron chi connectivity index (χ1n) is 7.89. The van der Waals surface area contributed by atoms with Crippen molar-refractivity contribution in [3.63, 3.8) is 0 Å². The molecule has 0 saturated carbocycles. The second kappa shape index (κ2) is 8.49. The molecule has 1 aliphatic rings. The van der Waals surface area contributed by atoms with Crippen LogP contribution in [0.25, 0.3) is 0 Å². The molecular weight excluding hydrogens is 268 g/mol. The van der Waals surface area contributed by atoms with Gasteiger partial charge in [0.15, 0.2) is 5.78 Å². The van der Waals surface area contributed by atoms with Crippen molar-refractivity contribution in [3.8, 4) is 0 Å². The lowest BCUT2D eigenvalue weighted by Crippen LogP contribution is -2.45. The first kappa shape index (κ1) is 18.1. The number of hydrogen-bond acceptors (Lipinski definition) is 4. The fourth-order valence-corrected chi connectivity index (χ4v) is 2.33. The fraction of sp³-hybridized carbons (Fsp3) is 0.875. The van der Waals surface area contributed by atoms with E-state index < -0.39 is 6.04 Å². The minimum absolute atomic E-state index is 0.0102. The van der Waals surface area contributed by atoms with Gasteiger partial charge >= 0.3 is 0 Å². The predicted octanol–water partition coefficient (Wildman–Crippen LogP) is 1.46. The topological polar surface area (TPSA) is 58.6 Å². The summed E-state index contributed by atoms with van der Waals surface area (Å²) < 4.78 is 5.50. The summed E-state index contributed by atoms with van der Waals surface area (Å²) in [7, 11) is 3.97. The molecule has 122 valence electrons. The zero-order valence-corrected chi connectivity index (χ0v) is 14.0. The minimum atomic E-state index is -0.466. The van der Waals surface area contributed by atoms with Gasteiger partial charge in [-0.25, -0.2) is 0 Å². The van der Waals surface area contributed by atoms with Crippen molar-refractivity contribution in [2.24, 2.45) is 11.8 Å². The van der Waals surface area contributed by atoms with E-state index in [2.05, 4.69) is 31.0 Å². The largest absolute Gasteiger partial charge is 0.368 e. The van der Waals surface area contributed by atoms with Crippen LogP contribution in [0.3, 0.4) is 0 Å². The summed E-state index contributed by atoms with van der Waals surface area (Å²) in [6, 6.07) is -0.466. The van der Waals surface area contributed by atoms with Gasteiger partial charge in [0, 0.05) is 13.0 Å². The molecule has 1 fully saturated rings. The Kier molecular flexibility index (Phi) is 7.32. The van der Waals surface area contributed by atoms with Gasteiger partial charge in [0.25, 0.3) is 0 Å². The summed E-state index contributed by atoms with van der Waals surface area (Å²) in [5.74, 6) is 1.03. The van der Waals surface area contributed by atoms with Crippen LogP contribution in [0.4, 0.5) is 0 Å². The molecule has 21 heavy (non-hydrogen) atoms. The molecule has 0 aromatic carbocycles. The fourth-order valence-electron chi connectivity index (χ4n) is 2.33. The molecule has 5 nitrogen and oxygen atoms in total. The molecule has 1 saturated heterocycles. The van der Waals surface area contributed by atoms with Crippen LogP contribution in [0.1, 0.15) is 40.0 Å². The Labute approximate surface area is 128 Å². The second-order valence-electron chi connectivity index (χ2n) is 6.71. The van der Waals surface area contributed by atoms with Crippen molar-refractivity contribution in [2.75, 3.05) is 27.2 Å². The summed E-state index contributed by atoms with van der Waals surface area (Å²) in [5, 5.41) is 2.86. The lowest BCUT2D eigenvalue weighted by atomic mass is 9.93. The van der Waals surface area contributed by atoms with Crippen molar-refractivity contribution in [1.29, 1.82) is 0 Å². The quantitative estimate of drug-likeness (QED) is 0.737. The second-order valence-corrected chi connectivity index (χ2v) is 6.71. The molecule has 0 spiro atoms. The molecule has 5 heteroatoms. The molecule has 3 atom stereocenters. The van der Waals surface area contributed by atoms with Gasteiger partial charge in [-0.3, -0.25) is 9.59 Å². The molecule has 0 aliphatic carbocycles. The predicted molar refractivity (Wildman–Crippen MR) is 83.1 cm³/mol. The molecule has 0 aromatic heterocycles. The zero-order valence-electron chi connectivity index (χ0n) is 14.0. The number of ether oxygens (including phenoxy) is 1. The average molecular weight is 298 g/mol. The lowest BCUT2D eigenvalue weighted by molar-refractivity contribution is -0.126. The van der Waals surface area contributed by atoms with E-state index in [0.29, 0.717) is 18.3 Å². The van der Waals surface area contributed by atoms with Crippen molar-refractivity contribution in [3.05, 3.63) is 0 Å². The number of nitrogens with one attached hydrogen (secondary N) is 1. The number of rotatable bonds is 8. The van der Waals surface area contributed by atoms with E-state index >= 15 is 0 Å². The van der Waals surface area contributed by atoms with Gasteiger partial charge in [0.2, 0.25) is 5.91 Å². The van der Waals surface area contributed by atoms with Crippen LogP contribution in [0, 0.1) is 11.8 Å². The van der Waals surface area contributed by atoms with Gasteiger partial charge in [0.05, 0.1) is 6.10 Å². The van der Waals surface area contributed by atoms with Crippen LogP contribution in [0.5, 0.6) is 0 Å². The molecule has 1 aliphatic heterocycles. The molecule has 1 N–H and O–H groups in total. The third kappa shape index (κ3) is 6.14. The Morgan fingerprint density at radius 3 is 2.62 bits per heavy atom. The Bertz CT molecular complexity index is 355. The first-order valence-corrected chi connectivity index (χ1v) is 7.89. The summed E-state index contributed by atoms with van der Waals surface area (Å²) in [6.07, 6.45) is 1.90. The molecule has 1 amide bonds. The normalized spacial score (nSPS) is 23.9. The maximum absolute atomic E-state index is 12.0. The summed E-state index contributed by atoms with van der Waals surface area (Å²) in [5.41, 5.74) is 0. The van der Waals surface area contributed by atoms with Gasteiger partial charge in [0.1, 0.15) is 12.6 Å². The van der Waals surface area contributed by atoms with Gasteiger partial charge in [-0.15, -0.1) is 0 Å². The third-order valence-electron chi connectivity index (χ3n) is 4.30. The van der Waals surface area contributed by atoms with E-state index in [1.807, 2.05) is 14.1 Å². The van der Waals surface area contributed by atoms with Crippen LogP contribution in [-0.4, -0.2) is 56.0 Å². The number of Topliss-reactive ketones (excluding diaryl/α,β-unsaturated/α-hetero) is 1. The average Bonchev–Trinajstić information content (AvgIpc) is 2.74. The van der Waals surface area contributed by atoms with E-state index in [1.54, 1.807) is 0 Å². The molecule has 0 aromatic rings. The Morgan fingerprint density at radius 2 is 2.05 bits per heavy atom. The SMILES string of the molecule is CC(C)C(C)CCC(=O)NC1C(=O)COC1CCN(C)C. The molecular formula is C16H30N2O3. The van der Waals surface area contributed by atoms with Crippen LogP contribution < -0.4 is 5.32 Å². The van der Waals surface area contributed by atoms with E-state index in [4.69, 9.17) is 4.74 Å². The summed E-state index contributed by atoms with van der Waals surface area (Å²) in [4.78, 5) is 25.9. The highest BCUT2D eigenvalue weighted by Crippen LogP contribution is 2.17. The van der Waals surface area contributed by atoms with E-state index in [1.165, 1.54) is 0 Å². The highest BCUT2D eigenvalue weighted by atomic mass is 16.5. The molecule has 1 heterocycles. The molecule has 1 rings (SSSR count). The van der Waals surface area contributed by atoms with Gasteiger partial charge in [-0.2, -0.15) is 0 Å². The number of carbonyl (C=O) groups is 2. The van der Waals surface area contributed by atoms with E-state index in [-0.39, 0.29) is 24.4 Å². The Balaban J connectivity index is 2.42. The highest BCUT2D eigenvalue weighted by Gasteiger charge is 2.36. The van der Waals surface area contributed by atoms with Gasteiger partial charge < -0.3 is 15.0 Å². The van der Waals surface area contributed by atoms with Crippen LogP contribution in [0.2, 0.25) is 0 Å². The maximum Gasteiger partial charge on any atom is 0.220 e. The lowest BCUT2D eigenvalue weighted by Gasteiger charge is -2.21. The molecule has 0 radical (unpaired) electrons. The summed E-state index contributed by atoms with van der Waals surface area (Å²) >= 11 is 0. The van der Waals surface area contributed by atoms with Gasteiger partial charge in [-0.1, -0.05) is 20.8 Å². The Morgan fingerprint density at radius 1 is 1.38 bits per heavy atom. The molecule has 0 bridgehead atoms. The number of amides is 1. The Hall–Kier alpha value is -0.940. The van der Waals surface area contributed by atoms with E-state index in [9.17, 15) is 9.59 Å². The van der Waals surface area contributed by atoms with Crippen molar-refractivity contribution in [2.45, 2.75) is 52.2 Å².